The highest BCUT2D eigenvalue weighted by molar-refractivity contribution is 7.89. The van der Waals surface area contributed by atoms with Gasteiger partial charge in [0.1, 0.15) is 11.8 Å². The van der Waals surface area contributed by atoms with Crippen molar-refractivity contribution in [3.8, 4) is 5.75 Å². The van der Waals surface area contributed by atoms with E-state index in [9.17, 15) is 28.2 Å². The molecule has 0 radical (unpaired) electrons. The molecule has 2 amide bonds. The zero-order valence-corrected chi connectivity index (χ0v) is 28.7. The van der Waals surface area contributed by atoms with Gasteiger partial charge in [-0.25, -0.2) is 8.42 Å². The third-order valence-corrected chi connectivity index (χ3v) is 10.2. The van der Waals surface area contributed by atoms with Crippen LogP contribution in [0.5, 0.6) is 5.75 Å². The van der Waals surface area contributed by atoms with Crippen molar-refractivity contribution in [1.82, 2.24) is 14.9 Å². The molecule has 4 rings (SSSR count). The number of aromatic hydroxyl groups is 1. The molecule has 4 aromatic rings. The molecule has 0 aliphatic carbocycles. The fraction of sp³-hybridized carbons (Fsp3) is 0.316. The summed E-state index contributed by atoms with van der Waals surface area (Å²) in [5.41, 5.74) is 7.92. The van der Waals surface area contributed by atoms with Gasteiger partial charge in [-0.1, -0.05) is 93.1 Å². The zero-order chi connectivity index (χ0) is 35.4. The first-order valence-electron chi connectivity index (χ1n) is 16.5. The fourth-order valence-electron chi connectivity index (χ4n) is 5.81. The minimum absolute atomic E-state index is 0.0176. The maximum Gasteiger partial charge on any atom is 0.255 e. The van der Waals surface area contributed by atoms with E-state index in [0.717, 1.165) is 11.1 Å². The van der Waals surface area contributed by atoms with Crippen LogP contribution in [0.3, 0.4) is 0 Å². The van der Waals surface area contributed by atoms with Crippen LogP contribution in [-0.2, 0) is 14.8 Å². The van der Waals surface area contributed by atoms with E-state index in [1.165, 1.54) is 40.7 Å². The lowest BCUT2D eigenvalue weighted by atomic mass is 9.84. The number of aliphatic hydroxyl groups is 1. The molecule has 0 saturated carbocycles. The number of hydrogen-bond donors (Lipinski definition) is 5. The molecule has 1 unspecified atom stereocenters. The molecule has 0 spiro atoms. The summed E-state index contributed by atoms with van der Waals surface area (Å²) in [5.74, 6) is -1.72. The molecule has 4 aromatic carbocycles. The number of unbranched alkanes of at least 4 members (excludes halogenated alkanes) is 1. The molecule has 0 aliphatic rings. The number of aliphatic hydroxyl groups excluding tert-OH is 1. The number of nitrogen functional groups attached to an aromatic ring is 1. The quantitative estimate of drug-likeness (QED) is 0.0780. The highest BCUT2D eigenvalue weighted by Gasteiger charge is 2.34. The van der Waals surface area contributed by atoms with Gasteiger partial charge in [0.2, 0.25) is 15.9 Å². The van der Waals surface area contributed by atoms with Crippen LogP contribution >= 0.6 is 0 Å². The van der Waals surface area contributed by atoms with Gasteiger partial charge in [-0.15, -0.1) is 0 Å². The summed E-state index contributed by atoms with van der Waals surface area (Å²) < 4.78 is 28.6. The van der Waals surface area contributed by atoms with Gasteiger partial charge in [0.25, 0.3) is 5.91 Å². The van der Waals surface area contributed by atoms with Crippen LogP contribution in [0.15, 0.2) is 114 Å². The van der Waals surface area contributed by atoms with Crippen LogP contribution in [-0.4, -0.2) is 66.5 Å². The number of phenols is 1. The number of nitrogens with one attached hydrogen (secondary N) is 2. The summed E-state index contributed by atoms with van der Waals surface area (Å²) in [6.45, 7) is 3.96. The number of benzene rings is 4. The molecule has 0 saturated heterocycles. The lowest BCUT2D eigenvalue weighted by molar-refractivity contribution is -0.123. The van der Waals surface area contributed by atoms with Crippen LogP contribution in [0, 0.1) is 5.92 Å². The first kappa shape index (κ1) is 37.1. The number of nitrogens with zero attached hydrogens (tertiary/aromatic N) is 1. The zero-order valence-electron chi connectivity index (χ0n) is 27.9. The summed E-state index contributed by atoms with van der Waals surface area (Å²) >= 11 is 0. The highest BCUT2D eigenvalue weighted by Crippen LogP contribution is 2.29. The van der Waals surface area contributed by atoms with E-state index >= 15 is 0 Å². The first-order valence-corrected chi connectivity index (χ1v) is 17.9. The molecule has 6 N–H and O–H groups in total. The monoisotopic (exact) mass is 686 g/mol. The SMILES string of the molecule is CC(C)CN(C(CO)CCCCNC(=O)[C@@H](NC(=O)c1ccccc1O)C(c1ccccc1)c1ccccc1)S(=O)(=O)c1ccc(N)cc1. The fourth-order valence-corrected chi connectivity index (χ4v) is 7.62. The van der Waals surface area contributed by atoms with Gasteiger partial charge in [-0.05, 0) is 66.3 Å². The molecule has 0 aromatic heterocycles. The molecule has 2 atom stereocenters. The Hall–Kier alpha value is -4.71. The molecular formula is C38H46N4O6S. The lowest BCUT2D eigenvalue weighted by Crippen LogP contribution is -2.50. The highest BCUT2D eigenvalue weighted by atomic mass is 32.2. The summed E-state index contributed by atoms with van der Waals surface area (Å²) in [4.78, 5) is 27.5. The van der Waals surface area contributed by atoms with Gasteiger partial charge in [0.05, 0.1) is 17.1 Å². The summed E-state index contributed by atoms with van der Waals surface area (Å²) in [6, 6.07) is 29.3. The Morgan fingerprint density at radius 3 is 1.94 bits per heavy atom. The predicted octanol–water partition coefficient (Wildman–Crippen LogP) is 4.90. The number of para-hydroxylation sites is 1. The number of nitrogens with two attached hydrogens (primary N) is 1. The Labute approximate surface area is 289 Å². The standard InChI is InChI=1S/C38H46N4O6S/c1-27(2)25-42(49(47,48)32-22-20-30(39)21-23-32)31(26-43)17-11-12-24-40-38(46)36(41-37(45)33-18-9-10-19-34(33)44)35(28-13-5-3-6-14-28)29-15-7-4-8-16-29/h3-10,13-16,18-23,27,31,35-36,43-44H,11-12,17,24-26,39H2,1-2H3,(H,40,46)(H,41,45)/t31?,36-/m0/s1. The van der Waals surface area contributed by atoms with Crippen molar-refractivity contribution in [3.63, 3.8) is 0 Å². The van der Waals surface area contributed by atoms with E-state index in [-0.39, 0.29) is 41.8 Å². The van der Waals surface area contributed by atoms with Crippen LogP contribution in [0.1, 0.15) is 60.5 Å². The molecule has 0 aliphatic heterocycles. The number of carbonyl (C=O) groups excluding carboxylic acids is 2. The maximum atomic E-state index is 14.0. The molecule has 0 bridgehead atoms. The number of hydrogen-bond acceptors (Lipinski definition) is 7. The summed E-state index contributed by atoms with van der Waals surface area (Å²) in [7, 11) is -3.90. The van der Waals surface area contributed by atoms with Crippen molar-refractivity contribution >= 4 is 27.5 Å². The van der Waals surface area contributed by atoms with E-state index < -0.39 is 39.8 Å². The van der Waals surface area contributed by atoms with E-state index in [2.05, 4.69) is 10.6 Å². The summed E-state index contributed by atoms with van der Waals surface area (Å²) in [6.07, 6.45) is 1.39. The van der Waals surface area contributed by atoms with Crippen molar-refractivity contribution in [2.75, 3.05) is 25.4 Å². The number of amides is 2. The van der Waals surface area contributed by atoms with E-state index in [0.29, 0.717) is 24.9 Å². The Kier molecular flexibility index (Phi) is 13.3. The molecular weight excluding hydrogens is 641 g/mol. The summed E-state index contributed by atoms with van der Waals surface area (Å²) in [5, 5.41) is 26.5. The van der Waals surface area contributed by atoms with Crippen molar-refractivity contribution in [1.29, 1.82) is 0 Å². The average molecular weight is 687 g/mol. The second kappa shape index (κ2) is 17.6. The average Bonchev–Trinajstić information content (AvgIpc) is 3.10. The molecule has 260 valence electrons. The number of sulfonamides is 1. The van der Waals surface area contributed by atoms with Gasteiger partial charge in [0, 0.05) is 30.7 Å². The second-order valence-corrected chi connectivity index (χ2v) is 14.3. The van der Waals surface area contributed by atoms with Crippen molar-refractivity contribution in [2.45, 2.75) is 56.0 Å². The number of phenolic OH excluding ortho intramolecular Hbond substituents is 1. The van der Waals surface area contributed by atoms with E-state index in [1.54, 1.807) is 12.1 Å². The number of anilines is 1. The molecule has 11 heteroatoms. The molecule has 0 fully saturated rings. The first-order chi connectivity index (χ1) is 23.5. The second-order valence-electron chi connectivity index (χ2n) is 12.4. The van der Waals surface area contributed by atoms with E-state index in [4.69, 9.17) is 5.73 Å². The minimum atomic E-state index is -3.90. The Bertz CT molecular complexity index is 1710. The topological polar surface area (TPSA) is 162 Å². The third kappa shape index (κ3) is 9.91. The smallest absolute Gasteiger partial charge is 0.255 e. The van der Waals surface area contributed by atoms with Crippen molar-refractivity contribution < 1.29 is 28.2 Å². The van der Waals surface area contributed by atoms with Crippen LogP contribution in [0.4, 0.5) is 5.69 Å². The molecule has 10 nitrogen and oxygen atoms in total. The third-order valence-electron chi connectivity index (χ3n) is 8.28. The van der Waals surface area contributed by atoms with E-state index in [1.807, 2.05) is 74.5 Å². The largest absolute Gasteiger partial charge is 0.507 e. The predicted molar refractivity (Wildman–Crippen MR) is 191 cm³/mol. The number of rotatable bonds is 17. The van der Waals surface area contributed by atoms with Crippen molar-refractivity contribution in [2.24, 2.45) is 5.92 Å². The Morgan fingerprint density at radius 1 is 0.816 bits per heavy atom. The minimum Gasteiger partial charge on any atom is -0.507 e. The Balaban J connectivity index is 1.49. The van der Waals surface area contributed by atoms with Gasteiger partial charge in [-0.3, -0.25) is 9.59 Å². The normalized spacial score (nSPS) is 12.9. The maximum absolute atomic E-state index is 14.0. The van der Waals surface area contributed by atoms with Crippen LogP contribution < -0.4 is 16.4 Å². The van der Waals surface area contributed by atoms with Crippen LogP contribution in [0.25, 0.3) is 0 Å². The Morgan fingerprint density at radius 2 is 1.39 bits per heavy atom. The number of carbonyl (C=O) groups is 2. The lowest BCUT2D eigenvalue weighted by Gasteiger charge is -2.31. The van der Waals surface area contributed by atoms with Gasteiger partial charge < -0.3 is 26.6 Å². The van der Waals surface area contributed by atoms with Gasteiger partial charge in [0.15, 0.2) is 0 Å². The van der Waals surface area contributed by atoms with Crippen LogP contribution in [0.2, 0.25) is 0 Å². The van der Waals surface area contributed by atoms with Gasteiger partial charge >= 0.3 is 0 Å². The van der Waals surface area contributed by atoms with Crippen molar-refractivity contribution in [3.05, 3.63) is 126 Å². The molecule has 0 heterocycles. The van der Waals surface area contributed by atoms with Gasteiger partial charge in [-0.2, -0.15) is 4.31 Å². The molecule has 49 heavy (non-hydrogen) atoms.